The number of benzene rings is 2. The van der Waals surface area contributed by atoms with Crippen LogP contribution in [0.15, 0.2) is 40.9 Å². The van der Waals surface area contributed by atoms with E-state index in [2.05, 4.69) is 26.6 Å². The van der Waals surface area contributed by atoms with E-state index in [0.717, 1.165) is 33.4 Å². The van der Waals surface area contributed by atoms with Gasteiger partial charge in [0.25, 0.3) is 0 Å². The van der Waals surface area contributed by atoms with E-state index >= 15 is 0 Å². The number of hydrogen-bond donors (Lipinski definition) is 2. The second kappa shape index (κ2) is 5.85. The van der Waals surface area contributed by atoms with Gasteiger partial charge in [0.15, 0.2) is 0 Å². The van der Waals surface area contributed by atoms with Crippen LogP contribution in [0.1, 0.15) is 17.5 Å². The normalized spacial score (nSPS) is 13.5. The van der Waals surface area contributed by atoms with Crippen LogP contribution in [0, 0.1) is 5.82 Å². The summed E-state index contributed by atoms with van der Waals surface area (Å²) < 4.78 is 13.8. The Morgan fingerprint density at radius 2 is 2.05 bits per heavy atom. The molecule has 0 radical (unpaired) electrons. The Labute approximate surface area is 130 Å². The van der Waals surface area contributed by atoms with Gasteiger partial charge in [-0.25, -0.2) is 4.39 Å². The molecule has 0 spiro atoms. The van der Waals surface area contributed by atoms with Gasteiger partial charge in [-0.2, -0.15) is 0 Å². The second-order valence-electron chi connectivity index (χ2n) is 5.01. The van der Waals surface area contributed by atoms with E-state index < -0.39 is 0 Å². The molecule has 0 saturated heterocycles. The van der Waals surface area contributed by atoms with E-state index in [0.29, 0.717) is 13.0 Å². The predicted molar refractivity (Wildman–Crippen MR) is 84.8 cm³/mol. The van der Waals surface area contributed by atoms with Crippen LogP contribution in [-0.2, 0) is 17.8 Å². The van der Waals surface area contributed by atoms with E-state index in [9.17, 15) is 9.18 Å². The fourth-order valence-electron chi connectivity index (χ4n) is 2.36. The van der Waals surface area contributed by atoms with Crippen molar-refractivity contribution in [2.75, 3.05) is 10.6 Å². The molecule has 5 heteroatoms. The summed E-state index contributed by atoms with van der Waals surface area (Å²) in [7, 11) is 0. The van der Waals surface area contributed by atoms with Crippen molar-refractivity contribution < 1.29 is 9.18 Å². The molecule has 21 heavy (non-hydrogen) atoms. The summed E-state index contributed by atoms with van der Waals surface area (Å²) in [6.07, 6.45) is 1.29. The third-order valence-corrected chi connectivity index (χ3v) is 4.24. The Morgan fingerprint density at radius 3 is 2.86 bits per heavy atom. The highest BCUT2D eigenvalue weighted by Crippen LogP contribution is 2.26. The number of aryl methyl sites for hydroxylation is 1. The van der Waals surface area contributed by atoms with Gasteiger partial charge in [0, 0.05) is 28.8 Å². The standard InChI is InChI=1S/C16H14BrFN2O/c17-14-8-12(18)3-1-11(14)9-19-13-4-5-15-10(7-13)2-6-16(21)20-15/h1,3-5,7-8,19H,2,6,9H2,(H,20,21). The topological polar surface area (TPSA) is 41.1 Å². The molecule has 1 amide bonds. The van der Waals surface area contributed by atoms with Gasteiger partial charge in [-0.05, 0) is 47.9 Å². The maximum absolute atomic E-state index is 13.0. The van der Waals surface area contributed by atoms with Crippen molar-refractivity contribution in [2.24, 2.45) is 0 Å². The lowest BCUT2D eigenvalue weighted by molar-refractivity contribution is -0.116. The maximum Gasteiger partial charge on any atom is 0.224 e. The van der Waals surface area contributed by atoms with Crippen LogP contribution in [0.4, 0.5) is 15.8 Å². The largest absolute Gasteiger partial charge is 0.381 e. The lowest BCUT2D eigenvalue weighted by Gasteiger charge is -2.18. The van der Waals surface area contributed by atoms with Gasteiger partial charge < -0.3 is 10.6 Å². The van der Waals surface area contributed by atoms with Gasteiger partial charge >= 0.3 is 0 Å². The van der Waals surface area contributed by atoms with Crippen molar-refractivity contribution in [3.63, 3.8) is 0 Å². The van der Waals surface area contributed by atoms with Crippen LogP contribution in [-0.4, -0.2) is 5.91 Å². The second-order valence-corrected chi connectivity index (χ2v) is 5.86. The fourth-order valence-corrected chi connectivity index (χ4v) is 2.85. The number of hydrogen-bond acceptors (Lipinski definition) is 2. The maximum atomic E-state index is 13.0. The smallest absolute Gasteiger partial charge is 0.224 e. The number of halogens is 2. The Balaban J connectivity index is 1.72. The Bertz CT molecular complexity index is 703. The predicted octanol–water partition coefficient (Wildman–Crippen LogP) is 4.09. The molecule has 2 N–H and O–H groups in total. The molecule has 1 aliphatic rings. The summed E-state index contributed by atoms with van der Waals surface area (Å²) in [5.41, 5.74) is 4.00. The molecule has 1 aliphatic heterocycles. The van der Waals surface area contributed by atoms with Crippen LogP contribution in [0.5, 0.6) is 0 Å². The molecule has 3 rings (SSSR count). The Kier molecular flexibility index (Phi) is 3.92. The minimum absolute atomic E-state index is 0.0680. The quantitative estimate of drug-likeness (QED) is 0.877. The number of anilines is 2. The third-order valence-electron chi connectivity index (χ3n) is 3.50. The van der Waals surface area contributed by atoms with Crippen molar-refractivity contribution in [2.45, 2.75) is 19.4 Å². The summed E-state index contributed by atoms with van der Waals surface area (Å²) >= 11 is 3.36. The molecule has 0 aromatic heterocycles. The van der Waals surface area contributed by atoms with Crippen LogP contribution < -0.4 is 10.6 Å². The van der Waals surface area contributed by atoms with Gasteiger partial charge in [0.2, 0.25) is 5.91 Å². The van der Waals surface area contributed by atoms with Gasteiger partial charge in [-0.1, -0.05) is 22.0 Å². The van der Waals surface area contributed by atoms with Crippen molar-refractivity contribution in [3.8, 4) is 0 Å². The fraction of sp³-hybridized carbons (Fsp3) is 0.188. The first-order valence-corrected chi connectivity index (χ1v) is 7.52. The van der Waals surface area contributed by atoms with Crippen LogP contribution in [0.25, 0.3) is 0 Å². The monoisotopic (exact) mass is 348 g/mol. The summed E-state index contributed by atoms with van der Waals surface area (Å²) in [5, 5.41) is 6.18. The SMILES string of the molecule is O=C1CCc2cc(NCc3ccc(F)cc3Br)ccc2N1. The first-order valence-electron chi connectivity index (χ1n) is 6.72. The molecule has 1 heterocycles. The average Bonchev–Trinajstić information content (AvgIpc) is 2.46. The van der Waals surface area contributed by atoms with Gasteiger partial charge in [0.05, 0.1) is 0 Å². The highest BCUT2D eigenvalue weighted by atomic mass is 79.9. The lowest BCUT2D eigenvalue weighted by atomic mass is 10.0. The number of rotatable bonds is 3. The van der Waals surface area contributed by atoms with E-state index in [-0.39, 0.29) is 11.7 Å². The molecular weight excluding hydrogens is 335 g/mol. The molecule has 2 aromatic rings. The number of carbonyl (C=O) groups excluding carboxylic acids is 1. The molecule has 108 valence electrons. The molecule has 0 atom stereocenters. The van der Waals surface area contributed by atoms with Crippen LogP contribution in [0.3, 0.4) is 0 Å². The minimum atomic E-state index is -0.254. The van der Waals surface area contributed by atoms with E-state index in [1.165, 1.54) is 12.1 Å². The van der Waals surface area contributed by atoms with Gasteiger partial charge in [-0.15, -0.1) is 0 Å². The van der Waals surface area contributed by atoms with Gasteiger partial charge in [-0.3, -0.25) is 4.79 Å². The molecule has 0 fully saturated rings. The number of amides is 1. The highest BCUT2D eigenvalue weighted by Gasteiger charge is 2.14. The molecule has 3 nitrogen and oxygen atoms in total. The third kappa shape index (κ3) is 3.24. The lowest BCUT2D eigenvalue weighted by Crippen LogP contribution is -2.18. The van der Waals surface area contributed by atoms with E-state index in [1.54, 1.807) is 6.07 Å². The van der Waals surface area contributed by atoms with Crippen molar-refractivity contribution in [1.82, 2.24) is 0 Å². The van der Waals surface area contributed by atoms with Crippen LogP contribution in [0.2, 0.25) is 0 Å². The average molecular weight is 349 g/mol. The number of fused-ring (bicyclic) bond motifs is 1. The molecule has 0 aliphatic carbocycles. The molecular formula is C16H14BrFN2O. The zero-order chi connectivity index (χ0) is 14.8. The van der Waals surface area contributed by atoms with Crippen molar-refractivity contribution in [1.29, 1.82) is 0 Å². The van der Waals surface area contributed by atoms with Crippen molar-refractivity contribution >= 4 is 33.2 Å². The highest BCUT2D eigenvalue weighted by molar-refractivity contribution is 9.10. The van der Waals surface area contributed by atoms with E-state index in [4.69, 9.17) is 0 Å². The van der Waals surface area contributed by atoms with Crippen LogP contribution >= 0.6 is 15.9 Å². The summed E-state index contributed by atoms with van der Waals surface area (Å²) in [6, 6.07) is 10.6. The first kappa shape index (κ1) is 14.1. The first-order chi connectivity index (χ1) is 10.1. The molecule has 0 saturated carbocycles. The Morgan fingerprint density at radius 1 is 1.19 bits per heavy atom. The van der Waals surface area contributed by atoms with Gasteiger partial charge in [0.1, 0.15) is 5.82 Å². The van der Waals surface area contributed by atoms with E-state index in [1.807, 2.05) is 18.2 Å². The summed E-state index contributed by atoms with van der Waals surface area (Å²) in [5.74, 6) is -0.186. The zero-order valence-electron chi connectivity index (χ0n) is 11.2. The number of carbonyl (C=O) groups is 1. The minimum Gasteiger partial charge on any atom is -0.381 e. The molecule has 2 aromatic carbocycles. The summed E-state index contributed by atoms with van der Waals surface area (Å²) in [6.45, 7) is 0.603. The number of nitrogens with one attached hydrogen (secondary N) is 2. The Hall–Kier alpha value is -1.88. The van der Waals surface area contributed by atoms with Crippen molar-refractivity contribution in [3.05, 3.63) is 57.8 Å². The summed E-state index contributed by atoms with van der Waals surface area (Å²) in [4.78, 5) is 11.3. The zero-order valence-corrected chi connectivity index (χ0v) is 12.8. The molecule has 0 bridgehead atoms. The molecule has 0 unspecified atom stereocenters.